The molecule has 286 valence electrons. The van der Waals surface area contributed by atoms with Gasteiger partial charge in [-0.25, -0.2) is 14.8 Å². The van der Waals surface area contributed by atoms with Crippen LogP contribution in [0.2, 0.25) is 0 Å². The lowest BCUT2D eigenvalue weighted by Crippen LogP contribution is -2.48. The van der Waals surface area contributed by atoms with E-state index in [9.17, 15) is 14.4 Å². The molecule has 0 bridgehead atoms. The number of rotatable bonds is 11. The fourth-order valence-electron chi connectivity index (χ4n) is 7.11. The number of thiazole rings is 1. The van der Waals surface area contributed by atoms with Gasteiger partial charge in [0.1, 0.15) is 23.8 Å². The number of carboxylic acids is 1. The lowest BCUT2D eigenvalue weighted by molar-refractivity contribution is -0.138. The molecular formula is C42H46N6O6S. The van der Waals surface area contributed by atoms with Crippen LogP contribution in [0, 0.1) is 6.92 Å². The topological polar surface area (TPSA) is 137 Å². The molecule has 1 amide bonds. The number of fused-ring (bicyclic) bond motifs is 2. The largest absolute Gasteiger partial charge is 0.492 e. The third kappa shape index (κ3) is 8.96. The summed E-state index contributed by atoms with van der Waals surface area (Å²) in [7, 11) is 0. The van der Waals surface area contributed by atoms with E-state index in [1.54, 1.807) is 0 Å². The highest BCUT2D eigenvalue weighted by Gasteiger charge is 2.28. The number of pyridine rings is 1. The summed E-state index contributed by atoms with van der Waals surface area (Å²) in [5.41, 5.74) is 5.25. The smallest absolute Gasteiger partial charge is 0.358 e. The van der Waals surface area contributed by atoms with Gasteiger partial charge in [-0.15, -0.1) is 0 Å². The number of hydrogen-bond acceptors (Lipinski definition) is 11. The van der Waals surface area contributed by atoms with Crippen LogP contribution in [0.3, 0.4) is 0 Å². The van der Waals surface area contributed by atoms with Crippen molar-refractivity contribution in [2.45, 2.75) is 46.3 Å². The molecule has 12 nitrogen and oxygen atoms in total. The van der Waals surface area contributed by atoms with Gasteiger partial charge in [-0.2, -0.15) is 0 Å². The lowest BCUT2D eigenvalue weighted by atomic mass is 9.94. The van der Waals surface area contributed by atoms with Crippen LogP contribution in [0.5, 0.6) is 5.75 Å². The van der Waals surface area contributed by atoms with Crippen LogP contribution in [0.25, 0.3) is 21.3 Å². The number of nitrogens with zero attached hydrogens (tertiary/aromatic N) is 5. The Morgan fingerprint density at radius 3 is 2.40 bits per heavy atom. The zero-order valence-corrected chi connectivity index (χ0v) is 32.4. The van der Waals surface area contributed by atoms with E-state index in [1.165, 1.54) is 11.3 Å². The Labute approximate surface area is 324 Å². The van der Waals surface area contributed by atoms with Gasteiger partial charge in [0.25, 0.3) is 5.91 Å². The Morgan fingerprint density at radius 1 is 0.873 bits per heavy atom. The predicted molar refractivity (Wildman–Crippen MR) is 214 cm³/mol. The summed E-state index contributed by atoms with van der Waals surface area (Å²) in [6.07, 6.45) is 0.708. The number of aromatic nitrogens is 2. The molecule has 3 aromatic carbocycles. The summed E-state index contributed by atoms with van der Waals surface area (Å²) >= 11 is 1.44. The molecular weight excluding hydrogens is 717 g/mol. The first-order valence-corrected chi connectivity index (χ1v) is 19.4. The molecule has 0 aliphatic carbocycles. The van der Waals surface area contributed by atoms with Gasteiger partial charge in [0.15, 0.2) is 10.8 Å². The first-order chi connectivity index (χ1) is 26.4. The number of benzene rings is 3. The minimum Gasteiger partial charge on any atom is -0.492 e. The molecule has 1 saturated heterocycles. The number of para-hydroxylation sites is 1. The second kappa shape index (κ2) is 16.2. The molecule has 0 atom stereocenters. The van der Waals surface area contributed by atoms with Gasteiger partial charge in [0, 0.05) is 56.9 Å². The Bertz CT molecular complexity index is 2190. The van der Waals surface area contributed by atoms with Crippen molar-refractivity contribution >= 4 is 50.3 Å². The van der Waals surface area contributed by atoms with Crippen molar-refractivity contribution in [1.29, 1.82) is 0 Å². The van der Waals surface area contributed by atoms with Crippen molar-refractivity contribution in [2.24, 2.45) is 0 Å². The fraction of sp³-hybridized carbons (Fsp3) is 0.357. The number of piperazine rings is 1. The van der Waals surface area contributed by atoms with Crippen molar-refractivity contribution < 1.29 is 29.0 Å². The normalized spacial score (nSPS) is 15.1. The number of hydrogen-bond donors (Lipinski definition) is 2. The highest BCUT2D eigenvalue weighted by Crippen LogP contribution is 2.35. The van der Waals surface area contributed by atoms with E-state index < -0.39 is 17.5 Å². The Balaban J connectivity index is 1.11. The number of carbonyl (C=O) groups is 3. The molecule has 4 heterocycles. The molecule has 5 aromatic rings. The highest BCUT2D eigenvalue weighted by atomic mass is 32.1. The highest BCUT2D eigenvalue weighted by molar-refractivity contribution is 7.22. The molecule has 0 unspecified atom stereocenters. The van der Waals surface area contributed by atoms with Crippen molar-refractivity contribution in [3.63, 3.8) is 0 Å². The predicted octanol–water partition coefficient (Wildman–Crippen LogP) is 6.52. The summed E-state index contributed by atoms with van der Waals surface area (Å²) in [5.74, 6) is -0.214. The number of carboxylic acid groups (broad SMARTS) is 1. The molecule has 2 aliphatic rings. The third-order valence-electron chi connectivity index (χ3n) is 9.89. The summed E-state index contributed by atoms with van der Waals surface area (Å²) in [6.45, 7) is 12.8. The van der Waals surface area contributed by atoms with E-state index >= 15 is 0 Å². The lowest BCUT2D eigenvalue weighted by Gasteiger charge is -2.33. The van der Waals surface area contributed by atoms with Gasteiger partial charge < -0.3 is 19.5 Å². The van der Waals surface area contributed by atoms with E-state index in [1.807, 2.05) is 99.3 Å². The van der Waals surface area contributed by atoms with E-state index in [4.69, 9.17) is 19.6 Å². The van der Waals surface area contributed by atoms with E-state index in [2.05, 4.69) is 26.2 Å². The third-order valence-corrected chi connectivity index (χ3v) is 10.8. The molecule has 2 aliphatic heterocycles. The second-order valence-corrected chi connectivity index (χ2v) is 15.9. The van der Waals surface area contributed by atoms with Gasteiger partial charge in [-0.05, 0) is 92.8 Å². The molecule has 0 radical (unpaired) electrons. The van der Waals surface area contributed by atoms with Crippen LogP contribution in [-0.2, 0) is 22.5 Å². The number of carbonyl (C=O) groups excluding carboxylic acids is 2. The standard InChI is InChI=1S/C42H46N6O6S/c1-27-29(10-8-13-34(27)53-24-23-46-19-21-47(22-20-46)26-37(49)50)30-15-16-36(44-38(30)40(52)54-42(2,3)4)48-18-17-28-9-7-11-31(32(28)25-48)39(51)45-41-43-33-12-5-6-14-35(33)55-41/h5-16H,17-26H2,1-4H3,(H,49,50)(H,43,45,51). The molecule has 7 rings (SSSR count). The van der Waals surface area contributed by atoms with Crippen molar-refractivity contribution in [1.82, 2.24) is 19.8 Å². The van der Waals surface area contributed by atoms with Gasteiger partial charge in [-0.3, -0.25) is 24.7 Å². The SMILES string of the molecule is Cc1c(OCCN2CCN(CC(=O)O)CC2)cccc1-c1ccc(N2CCc3cccc(C(=O)Nc4nc5ccccc5s4)c3C2)nc1C(=O)OC(C)(C)C. The summed E-state index contributed by atoms with van der Waals surface area (Å²) in [4.78, 5) is 54.5. The maximum absolute atomic E-state index is 13.9. The minimum absolute atomic E-state index is 0.0650. The Morgan fingerprint density at radius 2 is 1.64 bits per heavy atom. The zero-order valence-electron chi connectivity index (χ0n) is 31.6. The average Bonchev–Trinajstić information content (AvgIpc) is 3.57. The molecule has 1 fully saturated rings. The monoisotopic (exact) mass is 762 g/mol. The number of ether oxygens (including phenoxy) is 2. The molecule has 0 spiro atoms. The van der Waals surface area contributed by atoms with E-state index in [0.717, 1.165) is 45.6 Å². The van der Waals surface area contributed by atoms with Crippen LogP contribution in [0.4, 0.5) is 10.9 Å². The summed E-state index contributed by atoms with van der Waals surface area (Å²) in [6, 6.07) is 23.3. The summed E-state index contributed by atoms with van der Waals surface area (Å²) < 4.78 is 13.2. The minimum atomic E-state index is -0.804. The number of amides is 1. The Hall–Kier alpha value is -5.37. The van der Waals surface area contributed by atoms with E-state index in [0.29, 0.717) is 73.6 Å². The van der Waals surface area contributed by atoms with Crippen molar-refractivity contribution in [3.8, 4) is 16.9 Å². The van der Waals surface area contributed by atoms with Crippen LogP contribution in [-0.4, -0.2) is 101 Å². The van der Waals surface area contributed by atoms with Crippen LogP contribution >= 0.6 is 11.3 Å². The van der Waals surface area contributed by atoms with Gasteiger partial charge in [0.2, 0.25) is 0 Å². The van der Waals surface area contributed by atoms with Crippen LogP contribution in [0.1, 0.15) is 58.3 Å². The van der Waals surface area contributed by atoms with Crippen LogP contribution in [0.15, 0.2) is 72.8 Å². The maximum Gasteiger partial charge on any atom is 0.358 e. The van der Waals surface area contributed by atoms with Crippen molar-refractivity contribution in [2.75, 3.05) is 62.6 Å². The summed E-state index contributed by atoms with van der Waals surface area (Å²) in [5, 5.41) is 12.7. The fourth-order valence-corrected chi connectivity index (χ4v) is 7.97. The number of nitrogens with one attached hydrogen (secondary N) is 1. The van der Waals surface area contributed by atoms with Crippen LogP contribution < -0.4 is 15.0 Å². The number of aliphatic carboxylic acids is 1. The first kappa shape index (κ1) is 37.9. The molecule has 2 N–H and O–H groups in total. The molecule has 13 heteroatoms. The second-order valence-electron chi connectivity index (χ2n) is 14.9. The maximum atomic E-state index is 13.9. The van der Waals surface area contributed by atoms with E-state index in [-0.39, 0.29) is 18.1 Å². The van der Waals surface area contributed by atoms with Gasteiger partial charge in [-0.1, -0.05) is 47.7 Å². The number of esters is 1. The quantitative estimate of drug-likeness (QED) is 0.142. The van der Waals surface area contributed by atoms with Gasteiger partial charge >= 0.3 is 11.9 Å². The molecule has 55 heavy (non-hydrogen) atoms. The molecule has 0 saturated carbocycles. The zero-order chi connectivity index (χ0) is 38.7. The van der Waals surface area contributed by atoms with Crippen molar-refractivity contribution in [3.05, 3.63) is 101 Å². The van der Waals surface area contributed by atoms with Gasteiger partial charge in [0.05, 0.1) is 16.8 Å². The number of anilines is 2. The first-order valence-electron chi connectivity index (χ1n) is 18.6. The Kier molecular flexibility index (Phi) is 11.1. The molecule has 2 aromatic heterocycles. The average molecular weight is 763 g/mol.